The Morgan fingerprint density at radius 1 is 1.19 bits per heavy atom. The molecule has 0 radical (unpaired) electrons. The lowest BCUT2D eigenvalue weighted by Gasteiger charge is -2.18. The Morgan fingerprint density at radius 2 is 2.00 bits per heavy atom. The van der Waals surface area contributed by atoms with E-state index in [1.54, 1.807) is 6.07 Å². The van der Waals surface area contributed by atoms with Crippen molar-refractivity contribution in [2.45, 2.75) is 13.1 Å². The van der Waals surface area contributed by atoms with E-state index in [0.717, 1.165) is 11.3 Å². The number of hydrogen-bond donors (Lipinski definition) is 2. The fourth-order valence-corrected chi connectivity index (χ4v) is 2.09. The lowest BCUT2D eigenvalue weighted by atomic mass is 10.2. The number of nitrogens with two attached hydrogens (primary N) is 1. The van der Waals surface area contributed by atoms with Gasteiger partial charge in [-0.25, -0.2) is 0 Å². The molecule has 0 unspecified atom stereocenters. The van der Waals surface area contributed by atoms with Gasteiger partial charge in [0.1, 0.15) is 25.2 Å². The van der Waals surface area contributed by atoms with Crippen molar-refractivity contribution in [2.75, 3.05) is 13.2 Å². The molecule has 2 heterocycles. The van der Waals surface area contributed by atoms with Gasteiger partial charge in [0.2, 0.25) is 0 Å². The van der Waals surface area contributed by atoms with Crippen LogP contribution in [0.25, 0.3) is 0 Å². The Balaban J connectivity index is 1.63. The van der Waals surface area contributed by atoms with Crippen LogP contribution in [-0.2, 0) is 13.1 Å². The highest BCUT2D eigenvalue weighted by molar-refractivity contribution is 5.93. The summed E-state index contributed by atoms with van der Waals surface area (Å²) in [7, 11) is 0. The Hall–Kier alpha value is -2.47. The molecule has 0 atom stereocenters. The van der Waals surface area contributed by atoms with Crippen molar-refractivity contribution >= 4 is 5.91 Å². The summed E-state index contributed by atoms with van der Waals surface area (Å²) in [5, 5.41) is 2.82. The van der Waals surface area contributed by atoms with Crippen molar-refractivity contribution < 1.29 is 18.7 Å². The van der Waals surface area contributed by atoms with Crippen molar-refractivity contribution in [3.05, 3.63) is 47.4 Å². The molecule has 3 N–H and O–H groups in total. The largest absolute Gasteiger partial charge is 0.486 e. The second-order valence-electron chi connectivity index (χ2n) is 4.67. The summed E-state index contributed by atoms with van der Waals surface area (Å²) in [5.74, 6) is 1.83. The lowest BCUT2D eigenvalue weighted by Crippen LogP contribution is -2.22. The highest BCUT2D eigenvalue weighted by Gasteiger charge is 2.13. The third kappa shape index (κ3) is 3.00. The molecule has 110 valence electrons. The molecule has 1 aromatic carbocycles. The number of benzene rings is 1. The number of carbonyl (C=O) groups is 1. The molecule has 21 heavy (non-hydrogen) atoms. The molecule has 0 fully saturated rings. The van der Waals surface area contributed by atoms with Gasteiger partial charge in [-0.1, -0.05) is 6.07 Å². The number of ether oxygens (including phenoxy) is 2. The van der Waals surface area contributed by atoms with Gasteiger partial charge < -0.3 is 24.9 Å². The first kappa shape index (κ1) is 13.5. The van der Waals surface area contributed by atoms with Crippen LogP contribution in [-0.4, -0.2) is 19.1 Å². The van der Waals surface area contributed by atoms with Gasteiger partial charge in [0.15, 0.2) is 11.5 Å². The molecular formula is C15H16N2O4. The van der Waals surface area contributed by atoms with Crippen LogP contribution >= 0.6 is 0 Å². The Labute approximate surface area is 121 Å². The van der Waals surface area contributed by atoms with Crippen LogP contribution < -0.4 is 20.5 Å². The maximum Gasteiger partial charge on any atom is 0.254 e. The minimum atomic E-state index is -0.201. The molecule has 1 aliphatic rings. The fourth-order valence-electron chi connectivity index (χ4n) is 2.09. The van der Waals surface area contributed by atoms with Crippen LogP contribution in [0.15, 0.2) is 34.9 Å². The van der Waals surface area contributed by atoms with Crippen molar-refractivity contribution in [1.29, 1.82) is 0 Å². The summed E-state index contributed by atoms with van der Waals surface area (Å²) < 4.78 is 16.1. The second-order valence-corrected chi connectivity index (χ2v) is 4.67. The normalized spacial score (nSPS) is 13.0. The molecule has 2 aromatic rings. The van der Waals surface area contributed by atoms with Crippen LogP contribution in [0.1, 0.15) is 21.7 Å². The molecule has 0 saturated heterocycles. The van der Waals surface area contributed by atoms with Crippen LogP contribution in [0, 0.1) is 0 Å². The van der Waals surface area contributed by atoms with E-state index < -0.39 is 0 Å². The predicted octanol–water partition coefficient (Wildman–Crippen LogP) is 1.44. The van der Waals surface area contributed by atoms with E-state index in [1.165, 1.54) is 6.26 Å². The first-order valence-corrected chi connectivity index (χ1v) is 6.70. The maximum absolute atomic E-state index is 12.0. The molecule has 6 heteroatoms. The first-order valence-electron chi connectivity index (χ1n) is 6.70. The average Bonchev–Trinajstić information content (AvgIpc) is 3.01. The van der Waals surface area contributed by atoms with Gasteiger partial charge in [-0.2, -0.15) is 0 Å². The lowest BCUT2D eigenvalue weighted by molar-refractivity contribution is 0.0950. The van der Waals surface area contributed by atoms with E-state index in [9.17, 15) is 4.79 Å². The summed E-state index contributed by atoms with van der Waals surface area (Å²) in [5.41, 5.74) is 6.85. The summed E-state index contributed by atoms with van der Waals surface area (Å²) in [4.78, 5) is 12.0. The van der Waals surface area contributed by atoms with Crippen molar-refractivity contribution in [1.82, 2.24) is 5.32 Å². The molecule has 1 aliphatic heterocycles. The minimum absolute atomic E-state index is 0.201. The molecule has 1 amide bonds. The molecule has 1 aromatic heterocycles. The number of carbonyl (C=O) groups excluding carboxylic acids is 1. The van der Waals surface area contributed by atoms with Crippen LogP contribution in [0.5, 0.6) is 11.5 Å². The molecule has 0 aliphatic carbocycles. The minimum Gasteiger partial charge on any atom is -0.486 e. The zero-order chi connectivity index (χ0) is 14.7. The average molecular weight is 288 g/mol. The van der Waals surface area contributed by atoms with E-state index in [0.29, 0.717) is 36.8 Å². The summed E-state index contributed by atoms with van der Waals surface area (Å²) in [6, 6.07) is 7.25. The number of hydrogen-bond acceptors (Lipinski definition) is 5. The standard InChI is InChI=1S/C15H16N2O4/c16-7-12-6-11(9-21-12)15(18)17-8-10-1-2-13-14(5-10)20-4-3-19-13/h1-2,5-6,9H,3-4,7-8,16H2,(H,17,18). The summed E-state index contributed by atoms with van der Waals surface area (Å²) >= 11 is 0. The number of amides is 1. The zero-order valence-corrected chi connectivity index (χ0v) is 11.4. The van der Waals surface area contributed by atoms with Gasteiger partial charge >= 0.3 is 0 Å². The fraction of sp³-hybridized carbons (Fsp3) is 0.267. The van der Waals surface area contributed by atoms with E-state index in [-0.39, 0.29) is 12.5 Å². The molecular weight excluding hydrogens is 272 g/mol. The summed E-state index contributed by atoms with van der Waals surface area (Å²) in [6.07, 6.45) is 1.40. The third-order valence-corrected chi connectivity index (χ3v) is 3.18. The number of rotatable bonds is 4. The Bertz CT molecular complexity index is 651. The monoisotopic (exact) mass is 288 g/mol. The van der Waals surface area contributed by atoms with Gasteiger partial charge in [-0.3, -0.25) is 4.79 Å². The third-order valence-electron chi connectivity index (χ3n) is 3.18. The second kappa shape index (κ2) is 5.88. The molecule has 3 rings (SSSR count). The Morgan fingerprint density at radius 3 is 2.76 bits per heavy atom. The molecule has 0 bridgehead atoms. The van der Waals surface area contributed by atoms with Crippen LogP contribution in [0.4, 0.5) is 0 Å². The van der Waals surface area contributed by atoms with Gasteiger partial charge in [-0.05, 0) is 23.8 Å². The van der Waals surface area contributed by atoms with E-state index in [4.69, 9.17) is 19.6 Å². The topological polar surface area (TPSA) is 86.7 Å². The van der Waals surface area contributed by atoms with E-state index in [2.05, 4.69) is 5.32 Å². The SMILES string of the molecule is NCc1cc(C(=O)NCc2ccc3c(c2)OCCO3)co1. The summed E-state index contributed by atoms with van der Waals surface area (Å²) in [6.45, 7) is 1.78. The number of furan rings is 1. The zero-order valence-electron chi connectivity index (χ0n) is 11.4. The molecule has 0 saturated carbocycles. The first-order chi connectivity index (χ1) is 10.3. The molecule has 6 nitrogen and oxygen atoms in total. The van der Waals surface area contributed by atoms with Crippen LogP contribution in [0.3, 0.4) is 0 Å². The highest BCUT2D eigenvalue weighted by atomic mass is 16.6. The highest BCUT2D eigenvalue weighted by Crippen LogP contribution is 2.30. The van der Waals surface area contributed by atoms with Gasteiger partial charge in [0.05, 0.1) is 12.1 Å². The van der Waals surface area contributed by atoms with Crippen molar-refractivity contribution in [3.8, 4) is 11.5 Å². The van der Waals surface area contributed by atoms with E-state index in [1.807, 2.05) is 18.2 Å². The molecule has 0 spiro atoms. The smallest absolute Gasteiger partial charge is 0.254 e. The number of nitrogens with one attached hydrogen (secondary N) is 1. The van der Waals surface area contributed by atoms with Crippen molar-refractivity contribution in [3.63, 3.8) is 0 Å². The van der Waals surface area contributed by atoms with Crippen LogP contribution in [0.2, 0.25) is 0 Å². The number of fused-ring (bicyclic) bond motifs is 1. The van der Waals surface area contributed by atoms with Gasteiger partial charge in [0.25, 0.3) is 5.91 Å². The van der Waals surface area contributed by atoms with E-state index >= 15 is 0 Å². The Kier molecular flexibility index (Phi) is 3.79. The predicted molar refractivity (Wildman–Crippen MR) is 75.2 cm³/mol. The van der Waals surface area contributed by atoms with Crippen molar-refractivity contribution in [2.24, 2.45) is 5.73 Å². The van der Waals surface area contributed by atoms with Gasteiger partial charge in [-0.15, -0.1) is 0 Å². The quantitative estimate of drug-likeness (QED) is 0.889. The maximum atomic E-state index is 12.0. The van der Waals surface area contributed by atoms with Gasteiger partial charge in [0, 0.05) is 6.54 Å².